The third kappa shape index (κ3) is 8.64. The quantitative estimate of drug-likeness (QED) is 0.534. The summed E-state index contributed by atoms with van der Waals surface area (Å²) >= 11 is 0. The largest absolute Gasteiger partial charge is 0.383 e. The van der Waals surface area contributed by atoms with Crippen molar-refractivity contribution in [2.24, 2.45) is 0 Å². The lowest BCUT2D eigenvalue weighted by atomic mass is 10.3. The normalized spacial score (nSPS) is 11.1. The SMILES string of the molecule is COCCNCCNC(=O)CN(C)C(C)C. The van der Waals surface area contributed by atoms with Gasteiger partial charge >= 0.3 is 0 Å². The van der Waals surface area contributed by atoms with E-state index in [1.54, 1.807) is 7.11 Å². The van der Waals surface area contributed by atoms with Crippen LogP contribution in [0.15, 0.2) is 0 Å². The molecule has 0 saturated carbocycles. The number of rotatable bonds is 9. The van der Waals surface area contributed by atoms with E-state index < -0.39 is 0 Å². The monoisotopic (exact) mass is 231 g/mol. The van der Waals surface area contributed by atoms with E-state index in [4.69, 9.17) is 4.74 Å². The van der Waals surface area contributed by atoms with Crippen LogP contribution in [-0.2, 0) is 9.53 Å². The maximum Gasteiger partial charge on any atom is 0.234 e. The van der Waals surface area contributed by atoms with Gasteiger partial charge in [0.1, 0.15) is 0 Å². The number of amides is 1. The molecule has 0 saturated heterocycles. The minimum atomic E-state index is 0.0738. The van der Waals surface area contributed by atoms with Gasteiger partial charge in [-0.3, -0.25) is 9.69 Å². The lowest BCUT2D eigenvalue weighted by Crippen LogP contribution is -2.40. The Balaban J connectivity index is 3.37. The number of nitrogens with one attached hydrogen (secondary N) is 2. The summed E-state index contributed by atoms with van der Waals surface area (Å²) in [6.45, 7) is 7.55. The first-order valence-corrected chi connectivity index (χ1v) is 5.74. The molecule has 0 aromatic rings. The van der Waals surface area contributed by atoms with Crippen LogP contribution in [0, 0.1) is 0 Å². The van der Waals surface area contributed by atoms with Gasteiger partial charge in [0.15, 0.2) is 0 Å². The van der Waals surface area contributed by atoms with Crippen LogP contribution in [0.4, 0.5) is 0 Å². The smallest absolute Gasteiger partial charge is 0.234 e. The van der Waals surface area contributed by atoms with Gasteiger partial charge in [-0.1, -0.05) is 0 Å². The molecule has 0 aliphatic heterocycles. The number of carbonyl (C=O) groups is 1. The van der Waals surface area contributed by atoms with Gasteiger partial charge in [-0.2, -0.15) is 0 Å². The predicted molar refractivity (Wildman–Crippen MR) is 65.5 cm³/mol. The summed E-state index contributed by atoms with van der Waals surface area (Å²) in [7, 11) is 3.62. The summed E-state index contributed by atoms with van der Waals surface area (Å²) in [6, 6.07) is 0.394. The Hall–Kier alpha value is -0.650. The number of likely N-dealkylation sites (N-methyl/N-ethyl adjacent to an activating group) is 1. The van der Waals surface area contributed by atoms with Gasteiger partial charge in [-0.25, -0.2) is 0 Å². The average molecular weight is 231 g/mol. The molecule has 96 valence electrons. The van der Waals surface area contributed by atoms with E-state index in [0.29, 0.717) is 25.7 Å². The van der Waals surface area contributed by atoms with E-state index in [1.807, 2.05) is 11.9 Å². The summed E-state index contributed by atoms with van der Waals surface area (Å²) in [5, 5.41) is 6.03. The molecule has 0 spiro atoms. The maximum absolute atomic E-state index is 11.4. The number of hydrogen-bond donors (Lipinski definition) is 2. The fourth-order valence-electron chi connectivity index (χ4n) is 1.05. The molecule has 0 rings (SSSR count). The predicted octanol–water partition coefficient (Wildman–Crippen LogP) is -0.321. The lowest BCUT2D eigenvalue weighted by Gasteiger charge is -2.20. The van der Waals surface area contributed by atoms with Crippen LogP contribution in [0.5, 0.6) is 0 Å². The summed E-state index contributed by atoms with van der Waals surface area (Å²) in [4.78, 5) is 13.4. The topological polar surface area (TPSA) is 53.6 Å². The Labute approximate surface area is 98.5 Å². The van der Waals surface area contributed by atoms with E-state index in [-0.39, 0.29) is 5.91 Å². The molecule has 0 unspecified atom stereocenters. The second kappa shape index (κ2) is 9.57. The van der Waals surface area contributed by atoms with E-state index >= 15 is 0 Å². The van der Waals surface area contributed by atoms with Gasteiger partial charge in [-0.05, 0) is 20.9 Å². The summed E-state index contributed by atoms with van der Waals surface area (Å²) in [5.41, 5.74) is 0. The molecular weight excluding hydrogens is 206 g/mol. The highest BCUT2D eigenvalue weighted by molar-refractivity contribution is 5.77. The van der Waals surface area contributed by atoms with Crippen LogP contribution in [0.2, 0.25) is 0 Å². The van der Waals surface area contributed by atoms with Gasteiger partial charge < -0.3 is 15.4 Å². The maximum atomic E-state index is 11.4. The van der Waals surface area contributed by atoms with Crippen molar-refractivity contribution in [3.8, 4) is 0 Å². The lowest BCUT2D eigenvalue weighted by molar-refractivity contribution is -0.122. The van der Waals surface area contributed by atoms with Gasteiger partial charge in [0, 0.05) is 32.8 Å². The van der Waals surface area contributed by atoms with Crippen LogP contribution in [0.25, 0.3) is 0 Å². The molecule has 0 aromatic heterocycles. The zero-order valence-corrected chi connectivity index (χ0v) is 10.9. The first kappa shape index (κ1) is 15.3. The molecule has 0 aliphatic carbocycles. The van der Waals surface area contributed by atoms with Gasteiger partial charge in [-0.15, -0.1) is 0 Å². The van der Waals surface area contributed by atoms with E-state index in [0.717, 1.165) is 13.1 Å². The van der Waals surface area contributed by atoms with Crippen LogP contribution < -0.4 is 10.6 Å². The third-order valence-electron chi connectivity index (χ3n) is 2.38. The highest BCUT2D eigenvalue weighted by Gasteiger charge is 2.07. The van der Waals surface area contributed by atoms with Crippen molar-refractivity contribution in [3.05, 3.63) is 0 Å². The standard InChI is InChI=1S/C11H25N3O2/c1-10(2)14(3)9-11(15)13-6-5-12-7-8-16-4/h10,12H,5-9H2,1-4H3,(H,13,15). The summed E-state index contributed by atoms with van der Waals surface area (Å²) in [5.74, 6) is 0.0738. The second-order valence-electron chi connectivity index (χ2n) is 4.10. The van der Waals surface area contributed by atoms with Crippen LogP contribution >= 0.6 is 0 Å². The number of methoxy groups -OCH3 is 1. The fourth-order valence-corrected chi connectivity index (χ4v) is 1.05. The first-order valence-electron chi connectivity index (χ1n) is 5.74. The third-order valence-corrected chi connectivity index (χ3v) is 2.38. The van der Waals surface area contributed by atoms with Crippen molar-refractivity contribution in [2.45, 2.75) is 19.9 Å². The molecule has 1 amide bonds. The molecule has 0 heterocycles. The number of carbonyl (C=O) groups excluding carboxylic acids is 1. The van der Waals surface area contributed by atoms with Crippen molar-refractivity contribution in [1.29, 1.82) is 0 Å². The van der Waals surface area contributed by atoms with E-state index in [9.17, 15) is 4.79 Å². The molecule has 2 N–H and O–H groups in total. The summed E-state index contributed by atoms with van der Waals surface area (Å²) < 4.78 is 4.89. The number of nitrogens with zero attached hydrogens (tertiary/aromatic N) is 1. The second-order valence-corrected chi connectivity index (χ2v) is 4.10. The zero-order valence-electron chi connectivity index (χ0n) is 10.9. The Morgan fingerprint density at radius 2 is 2.00 bits per heavy atom. The molecule has 0 fully saturated rings. The molecule has 0 atom stereocenters. The van der Waals surface area contributed by atoms with Gasteiger partial charge in [0.25, 0.3) is 0 Å². The summed E-state index contributed by atoms with van der Waals surface area (Å²) in [6.07, 6.45) is 0. The van der Waals surface area contributed by atoms with Crippen LogP contribution in [-0.4, -0.2) is 63.8 Å². The molecule has 0 radical (unpaired) electrons. The average Bonchev–Trinajstić information content (AvgIpc) is 2.23. The molecule has 0 aromatic carbocycles. The Morgan fingerprint density at radius 3 is 2.56 bits per heavy atom. The van der Waals surface area contributed by atoms with Crippen molar-refractivity contribution in [2.75, 3.05) is 46.9 Å². The van der Waals surface area contributed by atoms with E-state index in [2.05, 4.69) is 24.5 Å². The van der Waals surface area contributed by atoms with Crippen LogP contribution in [0.1, 0.15) is 13.8 Å². The molecule has 5 nitrogen and oxygen atoms in total. The molecule has 0 aliphatic rings. The molecule has 0 bridgehead atoms. The highest BCUT2D eigenvalue weighted by atomic mass is 16.5. The van der Waals surface area contributed by atoms with Crippen LogP contribution in [0.3, 0.4) is 0 Å². The van der Waals surface area contributed by atoms with E-state index in [1.165, 1.54) is 0 Å². The minimum absolute atomic E-state index is 0.0738. The Bertz CT molecular complexity index is 186. The first-order chi connectivity index (χ1) is 7.57. The van der Waals surface area contributed by atoms with Crippen molar-refractivity contribution < 1.29 is 9.53 Å². The molecular formula is C11H25N3O2. The van der Waals surface area contributed by atoms with Crippen molar-refractivity contribution in [1.82, 2.24) is 15.5 Å². The molecule has 5 heteroatoms. The van der Waals surface area contributed by atoms with Gasteiger partial charge in [0.05, 0.1) is 13.2 Å². The minimum Gasteiger partial charge on any atom is -0.383 e. The fraction of sp³-hybridized carbons (Fsp3) is 0.909. The molecule has 16 heavy (non-hydrogen) atoms. The highest BCUT2D eigenvalue weighted by Crippen LogP contribution is 1.91. The van der Waals surface area contributed by atoms with Gasteiger partial charge in [0.2, 0.25) is 5.91 Å². The Kier molecular flexibility index (Phi) is 9.18. The van der Waals surface area contributed by atoms with Crippen molar-refractivity contribution >= 4 is 5.91 Å². The zero-order chi connectivity index (χ0) is 12.4. The Morgan fingerprint density at radius 1 is 1.31 bits per heavy atom. The number of ether oxygens (including phenoxy) is 1. The van der Waals surface area contributed by atoms with Crippen molar-refractivity contribution in [3.63, 3.8) is 0 Å². The number of hydrogen-bond acceptors (Lipinski definition) is 4.